The van der Waals surface area contributed by atoms with Gasteiger partial charge in [0.1, 0.15) is 22.8 Å². The molecule has 1 fully saturated rings. The van der Waals surface area contributed by atoms with Gasteiger partial charge in [-0.05, 0) is 36.6 Å². The molecule has 5 heteroatoms. The Balaban J connectivity index is 1.46. The van der Waals surface area contributed by atoms with E-state index in [0.717, 1.165) is 31.4 Å². The van der Waals surface area contributed by atoms with Crippen molar-refractivity contribution in [2.45, 2.75) is 31.3 Å². The molecule has 0 radical (unpaired) electrons. The number of ether oxygens (including phenoxy) is 3. The molecule has 27 heavy (non-hydrogen) atoms. The first-order valence-corrected chi connectivity index (χ1v) is 9.42. The number of para-hydroxylation sites is 1. The summed E-state index contributed by atoms with van der Waals surface area (Å²) in [6.45, 7) is 1.39. The van der Waals surface area contributed by atoms with Gasteiger partial charge in [0, 0.05) is 37.6 Å². The monoisotopic (exact) mass is 367 g/mol. The number of piperidine rings is 1. The maximum absolute atomic E-state index is 13.0. The van der Waals surface area contributed by atoms with E-state index in [0.29, 0.717) is 30.2 Å². The van der Waals surface area contributed by atoms with Crippen molar-refractivity contribution in [2.24, 2.45) is 0 Å². The van der Waals surface area contributed by atoms with Crippen LogP contribution in [0.2, 0.25) is 0 Å². The highest BCUT2D eigenvalue weighted by atomic mass is 16.5. The third-order valence-corrected chi connectivity index (χ3v) is 5.71. The molecule has 0 saturated carbocycles. The van der Waals surface area contributed by atoms with Crippen LogP contribution in [0.4, 0.5) is 0 Å². The Kier molecular flexibility index (Phi) is 4.68. The molecule has 0 N–H and O–H groups in total. The molecule has 5 nitrogen and oxygen atoms in total. The van der Waals surface area contributed by atoms with Crippen molar-refractivity contribution in [1.29, 1.82) is 0 Å². The normalized spacial score (nSPS) is 17.8. The summed E-state index contributed by atoms with van der Waals surface area (Å²) >= 11 is 0. The second kappa shape index (κ2) is 7.14. The quantitative estimate of drug-likeness (QED) is 0.830. The third kappa shape index (κ3) is 3.46. The van der Waals surface area contributed by atoms with Gasteiger partial charge in [-0.3, -0.25) is 4.79 Å². The molecule has 0 aliphatic carbocycles. The lowest BCUT2D eigenvalue weighted by atomic mass is 9.83. The van der Waals surface area contributed by atoms with Gasteiger partial charge in [-0.15, -0.1) is 0 Å². The van der Waals surface area contributed by atoms with Gasteiger partial charge in [0.05, 0.1) is 14.2 Å². The second-order valence-electron chi connectivity index (χ2n) is 7.29. The smallest absolute Gasteiger partial charge is 0.254 e. The third-order valence-electron chi connectivity index (χ3n) is 5.71. The van der Waals surface area contributed by atoms with Gasteiger partial charge in [-0.25, -0.2) is 0 Å². The Hall–Kier alpha value is -2.69. The van der Waals surface area contributed by atoms with Crippen molar-refractivity contribution in [3.05, 3.63) is 53.6 Å². The highest BCUT2D eigenvalue weighted by Crippen LogP contribution is 2.39. The Labute approximate surface area is 159 Å². The van der Waals surface area contributed by atoms with E-state index < -0.39 is 0 Å². The lowest BCUT2D eigenvalue weighted by Crippen LogP contribution is -2.51. The molecular formula is C22H25NO4. The van der Waals surface area contributed by atoms with Gasteiger partial charge >= 0.3 is 0 Å². The van der Waals surface area contributed by atoms with Crippen LogP contribution in [-0.4, -0.2) is 43.7 Å². The zero-order chi connectivity index (χ0) is 18.9. The number of aryl methyl sites for hydroxylation is 1. The molecule has 1 spiro atoms. The van der Waals surface area contributed by atoms with Crippen LogP contribution in [0.5, 0.6) is 17.2 Å². The lowest BCUT2D eigenvalue weighted by molar-refractivity contribution is -0.0107. The molecule has 1 amide bonds. The molecule has 0 bridgehead atoms. The standard InChI is InChI=1S/C22H25NO4/c1-25-18-13-17(14-19(15-18)26-2)21(24)23-11-9-22(10-12-23)8-7-16-5-3-4-6-20(16)27-22/h3-6,13-15H,7-12H2,1-2H3. The Morgan fingerprint density at radius 2 is 1.67 bits per heavy atom. The summed E-state index contributed by atoms with van der Waals surface area (Å²) in [5.41, 5.74) is 1.74. The van der Waals surface area contributed by atoms with E-state index >= 15 is 0 Å². The zero-order valence-electron chi connectivity index (χ0n) is 15.9. The predicted molar refractivity (Wildman–Crippen MR) is 103 cm³/mol. The summed E-state index contributed by atoms with van der Waals surface area (Å²) in [6, 6.07) is 13.6. The zero-order valence-corrected chi connectivity index (χ0v) is 15.9. The number of carbonyl (C=O) groups excluding carboxylic acids is 1. The molecule has 0 aromatic heterocycles. The number of carbonyl (C=O) groups is 1. The summed E-state index contributed by atoms with van der Waals surface area (Å²) in [6.07, 6.45) is 3.76. The van der Waals surface area contributed by atoms with E-state index in [9.17, 15) is 4.79 Å². The molecular weight excluding hydrogens is 342 g/mol. The van der Waals surface area contributed by atoms with Gasteiger partial charge < -0.3 is 19.1 Å². The second-order valence-corrected chi connectivity index (χ2v) is 7.29. The molecule has 0 unspecified atom stereocenters. The van der Waals surface area contributed by atoms with Crippen LogP contribution in [0.15, 0.2) is 42.5 Å². The van der Waals surface area contributed by atoms with E-state index in [-0.39, 0.29) is 11.5 Å². The van der Waals surface area contributed by atoms with Gasteiger partial charge in [0.2, 0.25) is 0 Å². The van der Waals surface area contributed by atoms with Gasteiger partial charge in [0.25, 0.3) is 5.91 Å². The van der Waals surface area contributed by atoms with Gasteiger partial charge in [-0.2, -0.15) is 0 Å². The fourth-order valence-electron chi connectivity index (χ4n) is 4.04. The van der Waals surface area contributed by atoms with Crippen LogP contribution >= 0.6 is 0 Å². The number of likely N-dealkylation sites (tertiary alicyclic amines) is 1. The average molecular weight is 367 g/mol. The van der Waals surface area contributed by atoms with E-state index in [1.165, 1.54) is 5.56 Å². The highest BCUT2D eigenvalue weighted by molar-refractivity contribution is 5.95. The van der Waals surface area contributed by atoms with Crippen LogP contribution in [-0.2, 0) is 6.42 Å². The molecule has 0 atom stereocenters. The fourth-order valence-corrected chi connectivity index (χ4v) is 4.04. The first kappa shape index (κ1) is 17.7. The topological polar surface area (TPSA) is 48.0 Å². The van der Waals surface area contributed by atoms with Gasteiger partial charge in [-0.1, -0.05) is 18.2 Å². The van der Waals surface area contributed by atoms with E-state index in [4.69, 9.17) is 14.2 Å². The van der Waals surface area contributed by atoms with E-state index in [1.54, 1.807) is 32.4 Å². The van der Waals surface area contributed by atoms with Crippen molar-refractivity contribution in [3.63, 3.8) is 0 Å². The number of amides is 1. The van der Waals surface area contributed by atoms with Gasteiger partial charge in [0.15, 0.2) is 0 Å². The molecule has 142 valence electrons. The first-order valence-electron chi connectivity index (χ1n) is 9.42. The summed E-state index contributed by atoms with van der Waals surface area (Å²) < 4.78 is 17.0. The lowest BCUT2D eigenvalue weighted by Gasteiger charge is -2.44. The molecule has 1 saturated heterocycles. The largest absolute Gasteiger partial charge is 0.497 e. The molecule has 2 heterocycles. The maximum atomic E-state index is 13.0. The number of benzene rings is 2. The van der Waals surface area contributed by atoms with Crippen molar-refractivity contribution < 1.29 is 19.0 Å². The number of fused-ring (bicyclic) bond motifs is 1. The predicted octanol–water partition coefficient (Wildman–Crippen LogP) is 3.70. The Bertz CT molecular complexity index is 818. The van der Waals surface area contributed by atoms with Crippen LogP contribution in [0.3, 0.4) is 0 Å². The first-order chi connectivity index (χ1) is 13.1. The Morgan fingerprint density at radius 1 is 1.00 bits per heavy atom. The summed E-state index contributed by atoms with van der Waals surface area (Å²) in [5.74, 6) is 2.26. The number of nitrogens with zero attached hydrogens (tertiary/aromatic N) is 1. The van der Waals surface area contributed by atoms with Crippen molar-refractivity contribution in [3.8, 4) is 17.2 Å². The number of rotatable bonds is 3. The SMILES string of the molecule is COc1cc(OC)cc(C(=O)N2CCC3(CCc4ccccc4O3)CC2)c1. The number of methoxy groups -OCH3 is 2. The van der Waals surface area contributed by atoms with Crippen LogP contribution in [0.1, 0.15) is 35.2 Å². The van der Waals surface area contributed by atoms with Crippen molar-refractivity contribution in [1.82, 2.24) is 4.90 Å². The molecule has 2 aromatic carbocycles. The fraction of sp³-hybridized carbons (Fsp3) is 0.409. The minimum absolute atomic E-state index is 0.0123. The average Bonchev–Trinajstić information content (AvgIpc) is 2.73. The molecule has 4 rings (SSSR count). The van der Waals surface area contributed by atoms with E-state index in [2.05, 4.69) is 18.2 Å². The number of hydrogen-bond donors (Lipinski definition) is 0. The summed E-state index contributed by atoms with van der Waals surface area (Å²) in [4.78, 5) is 14.9. The summed E-state index contributed by atoms with van der Waals surface area (Å²) in [7, 11) is 3.18. The van der Waals surface area contributed by atoms with Crippen LogP contribution < -0.4 is 14.2 Å². The van der Waals surface area contributed by atoms with Crippen LogP contribution in [0, 0.1) is 0 Å². The number of hydrogen-bond acceptors (Lipinski definition) is 4. The highest BCUT2D eigenvalue weighted by Gasteiger charge is 2.40. The van der Waals surface area contributed by atoms with Crippen LogP contribution in [0.25, 0.3) is 0 Å². The van der Waals surface area contributed by atoms with E-state index in [1.807, 2.05) is 11.0 Å². The van der Waals surface area contributed by atoms with Crippen molar-refractivity contribution >= 4 is 5.91 Å². The van der Waals surface area contributed by atoms with Crippen molar-refractivity contribution in [2.75, 3.05) is 27.3 Å². The molecule has 2 aliphatic rings. The molecule has 2 aromatic rings. The minimum atomic E-state index is -0.142. The minimum Gasteiger partial charge on any atom is -0.497 e. The summed E-state index contributed by atoms with van der Waals surface area (Å²) in [5, 5.41) is 0. The molecule has 2 aliphatic heterocycles. The maximum Gasteiger partial charge on any atom is 0.254 e. The Morgan fingerprint density at radius 3 is 2.33 bits per heavy atom.